The smallest absolute Gasteiger partial charge is 0.258 e. The fourth-order valence-corrected chi connectivity index (χ4v) is 3.58. The third kappa shape index (κ3) is 3.99. The maximum Gasteiger partial charge on any atom is 0.258 e. The van der Waals surface area contributed by atoms with E-state index < -0.39 is 17.4 Å². The number of ether oxygens (including phenoxy) is 2. The standard InChI is InChI=1S/C20H23N5O5/c1-2-30-14-6-4-3-5-13(14)21-18(27)12-11-15(26)22-17-16(12)19(28)24-20(23-17)25-7-9-29-10-8-25/h3-6,12H,2,7-11H2,1H3,(H,21,27)(H2,22,23,24,26,28)/t12-/m0/s1. The van der Waals surface area contributed by atoms with Gasteiger partial charge in [-0.05, 0) is 19.1 Å². The largest absolute Gasteiger partial charge is 0.492 e. The van der Waals surface area contributed by atoms with Crippen molar-refractivity contribution in [3.63, 3.8) is 0 Å². The zero-order valence-corrected chi connectivity index (χ0v) is 16.6. The summed E-state index contributed by atoms with van der Waals surface area (Å²) >= 11 is 0. The average Bonchev–Trinajstić information content (AvgIpc) is 2.75. The molecule has 1 aromatic heterocycles. The number of para-hydroxylation sites is 2. The highest BCUT2D eigenvalue weighted by Gasteiger charge is 2.35. The van der Waals surface area contributed by atoms with Crippen molar-refractivity contribution >= 4 is 29.3 Å². The van der Waals surface area contributed by atoms with Gasteiger partial charge in [0.05, 0.1) is 37.0 Å². The Morgan fingerprint density at radius 1 is 1.30 bits per heavy atom. The summed E-state index contributed by atoms with van der Waals surface area (Å²) in [7, 11) is 0. The van der Waals surface area contributed by atoms with Crippen molar-refractivity contribution in [2.75, 3.05) is 48.4 Å². The van der Waals surface area contributed by atoms with Crippen molar-refractivity contribution in [1.82, 2.24) is 9.97 Å². The minimum atomic E-state index is -0.960. The van der Waals surface area contributed by atoms with Gasteiger partial charge < -0.3 is 25.0 Å². The lowest BCUT2D eigenvalue weighted by Gasteiger charge is -2.29. The van der Waals surface area contributed by atoms with Gasteiger partial charge in [0.25, 0.3) is 5.56 Å². The number of hydrogen-bond donors (Lipinski definition) is 3. The van der Waals surface area contributed by atoms with Crippen LogP contribution in [0.25, 0.3) is 0 Å². The number of nitrogens with one attached hydrogen (secondary N) is 3. The maximum atomic E-state index is 13.0. The first-order valence-corrected chi connectivity index (χ1v) is 9.86. The average molecular weight is 413 g/mol. The number of rotatable bonds is 5. The third-order valence-electron chi connectivity index (χ3n) is 5.01. The molecule has 2 aliphatic rings. The number of fused-ring (bicyclic) bond motifs is 1. The number of benzene rings is 1. The number of hydrogen-bond acceptors (Lipinski definition) is 7. The lowest BCUT2D eigenvalue weighted by molar-refractivity contribution is -0.123. The Balaban J connectivity index is 1.64. The van der Waals surface area contributed by atoms with Gasteiger partial charge in [-0.3, -0.25) is 19.4 Å². The molecule has 0 bridgehead atoms. The minimum Gasteiger partial charge on any atom is -0.492 e. The predicted octanol–water partition coefficient (Wildman–Crippen LogP) is 1.07. The van der Waals surface area contributed by atoms with E-state index in [-0.39, 0.29) is 23.7 Å². The van der Waals surface area contributed by atoms with E-state index in [1.165, 1.54) is 0 Å². The Kier molecular flexibility index (Phi) is 5.66. The highest BCUT2D eigenvalue weighted by molar-refractivity contribution is 6.04. The first kappa shape index (κ1) is 19.9. The van der Waals surface area contributed by atoms with E-state index >= 15 is 0 Å². The molecule has 3 N–H and O–H groups in total. The number of carbonyl (C=O) groups excluding carboxylic acids is 2. The second-order valence-corrected chi connectivity index (χ2v) is 6.97. The van der Waals surface area contributed by atoms with Crippen LogP contribution < -0.4 is 25.8 Å². The molecule has 30 heavy (non-hydrogen) atoms. The van der Waals surface area contributed by atoms with Gasteiger partial charge in [0.1, 0.15) is 11.6 Å². The third-order valence-corrected chi connectivity index (χ3v) is 5.01. The van der Waals surface area contributed by atoms with Gasteiger partial charge in [0, 0.05) is 19.5 Å². The number of nitrogens with zero attached hydrogens (tertiary/aromatic N) is 2. The maximum absolute atomic E-state index is 13.0. The lowest BCUT2D eigenvalue weighted by atomic mass is 9.92. The molecule has 10 heteroatoms. The topological polar surface area (TPSA) is 126 Å². The van der Waals surface area contributed by atoms with Crippen LogP contribution in [-0.4, -0.2) is 54.7 Å². The molecule has 2 aliphatic heterocycles. The van der Waals surface area contributed by atoms with Gasteiger partial charge >= 0.3 is 0 Å². The zero-order chi connectivity index (χ0) is 21.1. The van der Waals surface area contributed by atoms with Crippen molar-refractivity contribution < 1.29 is 19.1 Å². The minimum absolute atomic E-state index is 0.120. The second-order valence-electron chi connectivity index (χ2n) is 6.97. The number of anilines is 3. The van der Waals surface area contributed by atoms with E-state index in [1.54, 1.807) is 24.3 Å². The lowest BCUT2D eigenvalue weighted by Crippen LogP contribution is -2.41. The highest BCUT2D eigenvalue weighted by Crippen LogP contribution is 2.32. The van der Waals surface area contributed by atoms with Gasteiger partial charge in [0.15, 0.2) is 0 Å². The fourth-order valence-electron chi connectivity index (χ4n) is 3.58. The molecule has 2 aromatic rings. The van der Waals surface area contributed by atoms with Gasteiger partial charge in [-0.25, -0.2) is 0 Å². The van der Waals surface area contributed by atoms with Crippen LogP contribution in [0.1, 0.15) is 24.8 Å². The van der Waals surface area contributed by atoms with Crippen LogP contribution in [0.5, 0.6) is 5.75 Å². The molecule has 3 heterocycles. The summed E-state index contributed by atoms with van der Waals surface area (Å²) in [5.41, 5.74) is 0.184. The monoisotopic (exact) mass is 413 g/mol. The fraction of sp³-hybridized carbons (Fsp3) is 0.400. The van der Waals surface area contributed by atoms with Crippen LogP contribution in [0.2, 0.25) is 0 Å². The molecule has 4 rings (SSSR count). The molecule has 0 saturated carbocycles. The molecule has 0 spiro atoms. The second kappa shape index (κ2) is 8.54. The Hall–Kier alpha value is -3.40. The van der Waals surface area contributed by atoms with Crippen LogP contribution >= 0.6 is 0 Å². The Labute approximate surface area is 172 Å². The number of H-pyrrole nitrogens is 1. The van der Waals surface area contributed by atoms with Gasteiger partial charge in [0.2, 0.25) is 17.8 Å². The van der Waals surface area contributed by atoms with Crippen LogP contribution in [-0.2, 0) is 14.3 Å². The predicted molar refractivity (Wildman–Crippen MR) is 110 cm³/mol. The first-order valence-electron chi connectivity index (χ1n) is 9.86. The number of amides is 2. The number of aromatic nitrogens is 2. The Morgan fingerprint density at radius 2 is 2.07 bits per heavy atom. The van der Waals surface area contributed by atoms with Crippen molar-refractivity contribution in [2.24, 2.45) is 0 Å². The quantitative estimate of drug-likeness (QED) is 0.669. The number of morpholine rings is 1. The van der Waals surface area contributed by atoms with Gasteiger partial charge in [-0.15, -0.1) is 0 Å². The summed E-state index contributed by atoms with van der Waals surface area (Å²) in [4.78, 5) is 47.2. The summed E-state index contributed by atoms with van der Waals surface area (Å²) in [5.74, 6) is -0.807. The molecule has 1 fully saturated rings. The molecule has 2 amide bonds. The molecule has 10 nitrogen and oxygen atoms in total. The summed E-state index contributed by atoms with van der Waals surface area (Å²) in [6.07, 6.45) is -0.142. The van der Waals surface area contributed by atoms with E-state index in [0.717, 1.165) is 0 Å². The van der Waals surface area contributed by atoms with E-state index in [9.17, 15) is 14.4 Å². The van der Waals surface area contributed by atoms with Crippen molar-refractivity contribution in [3.05, 3.63) is 40.2 Å². The molecule has 0 aliphatic carbocycles. The van der Waals surface area contributed by atoms with Crippen LogP contribution in [0, 0.1) is 0 Å². The molecule has 0 radical (unpaired) electrons. The SMILES string of the molecule is CCOc1ccccc1NC(=O)[C@H]1CC(=O)Nc2nc(N3CCOCC3)[nH]c(=O)c21. The summed E-state index contributed by atoms with van der Waals surface area (Å²) < 4.78 is 10.9. The Morgan fingerprint density at radius 3 is 2.83 bits per heavy atom. The molecule has 0 unspecified atom stereocenters. The summed E-state index contributed by atoms with van der Waals surface area (Å²) in [6, 6.07) is 7.01. The van der Waals surface area contributed by atoms with Crippen LogP contribution in [0.15, 0.2) is 29.1 Å². The van der Waals surface area contributed by atoms with Crippen LogP contribution in [0.3, 0.4) is 0 Å². The van der Waals surface area contributed by atoms with E-state index in [0.29, 0.717) is 50.3 Å². The molecular weight excluding hydrogens is 390 g/mol. The van der Waals surface area contributed by atoms with E-state index in [1.807, 2.05) is 11.8 Å². The van der Waals surface area contributed by atoms with Crippen molar-refractivity contribution in [2.45, 2.75) is 19.3 Å². The van der Waals surface area contributed by atoms with E-state index in [2.05, 4.69) is 20.6 Å². The van der Waals surface area contributed by atoms with Gasteiger partial charge in [-0.1, -0.05) is 12.1 Å². The normalized spacial score (nSPS) is 18.4. The molecule has 1 atom stereocenters. The van der Waals surface area contributed by atoms with Crippen LogP contribution in [0.4, 0.5) is 17.5 Å². The van der Waals surface area contributed by atoms with Crippen molar-refractivity contribution in [3.8, 4) is 5.75 Å². The number of carbonyl (C=O) groups is 2. The zero-order valence-electron chi connectivity index (χ0n) is 16.6. The molecule has 1 aromatic carbocycles. The summed E-state index contributed by atoms with van der Waals surface area (Å²) in [6.45, 7) is 4.49. The Bertz CT molecular complexity index is 1010. The molecule has 1 saturated heterocycles. The first-order chi connectivity index (χ1) is 14.6. The highest BCUT2D eigenvalue weighted by atomic mass is 16.5. The van der Waals surface area contributed by atoms with Crippen molar-refractivity contribution in [1.29, 1.82) is 0 Å². The van der Waals surface area contributed by atoms with Gasteiger partial charge in [-0.2, -0.15) is 4.98 Å². The number of aromatic amines is 1. The summed E-state index contributed by atoms with van der Waals surface area (Å²) in [5, 5.41) is 5.41. The molecule has 158 valence electrons. The van der Waals surface area contributed by atoms with E-state index in [4.69, 9.17) is 9.47 Å². The molecular formula is C20H23N5O5.